The van der Waals surface area contributed by atoms with Gasteiger partial charge in [-0.3, -0.25) is 29.4 Å². The molecular formula is C34H43N3O15. The fraction of sp³-hybridized carbons (Fsp3) is 0.500. The fourth-order valence-electron chi connectivity index (χ4n) is 4.97. The summed E-state index contributed by atoms with van der Waals surface area (Å²) in [6, 6.07) is 13.3. The van der Waals surface area contributed by atoms with Gasteiger partial charge in [-0.2, -0.15) is 0 Å². The van der Waals surface area contributed by atoms with Crippen LogP contribution in [0.15, 0.2) is 48.5 Å². The maximum absolute atomic E-state index is 13.1. The Morgan fingerprint density at radius 2 is 1.48 bits per heavy atom. The van der Waals surface area contributed by atoms with Gasteiger partial charge in [0.1, 0.15) is 13.3 Å². The number of methoxy groups -OCH3 is 1. The van der Waals surface area contributed by atoms with Gasteiger partial charge in [0.15, 0.2) is 24.1 Å². The van der Waals surface area contributed by atoms with E-state index in [9.17, 15) is 34.1 Å². The second-order valence-corrected chi connectivity index (χ2v) is 11.7. The Bertz CT molecular complexity index is 1550. The van der Waals surface area contributed by atoms with Crippen molar-refractivity contribution < 1.29 is 66.8 Å². The van der Waals surface area contributed by atoms with Gasteiger partial charge in [0.25, 0.3) is 0 Å². The summed E-state index contributed by atoms with van der Waals surface area (Å²) in [6.45, 7) is 3.82. The minimum Gasteiger partial charge on any atom is -0.467 e. The summed E-state index contributed by atoms with van der Waals surface area (Å²) in [5.74, 6) is -4.22. The molecule has 0 spiro atoms. The molecule has 2 aromatic carbocycles. The van der Waals surface area contributed by atoms with Gasteiger partial charge in [0, 0.05) is 39.9 Å². The molecule has 0 aromatic heterocycles. The third kappa shape index (κ3) is 12.5. The second kappa shape index (κ2) is 19.9. The molecule has 3 unspecified atom stereocenters. The highest BCUT2D eigenvalue weighted by atomic mass is 16.7. The Kier molecular flexibility index (Phi) is 15.7. The average molecular weight is 734 g/mol. The number of hydrogen-bond donors (Lipinski definition) is 0. The molecule has 3 rings (SSSR count). The SMILES string of the molecule is COC(=O)C1O[C@@H](Oc2ccc(COC(=O)N(CCN(C)C)COCCc3ccccc3)cc2[N+](=O)[O-])C(OC(C)=O)[C@@H](OC(C)=O)C1OC(C)=O. The zero-order chi connectivity index (χ0) is 38.4. The molecule has 5 atom stereocenters. The monoisotopic (exact) mass is 733 g/mol. The minimum atomic E-state index is -1.82. The van der Waals surface area contributed by atoms with Crippen molar-refractivity contribution in [1.29, 1.82) is 0 Å². The van der Waals surface area contributed by atoms with Crippen molar-refractivity contribution in [3.05, 3.63) is 69.8 Å². The van der Waals surface area contributed by atoms with Gasteiger partial charge < -0.3 is 42.8 Å². The largest absolute Gasteiger partial charge is 0.467 e. The molecule has 52 heavy (non-hydrogen) atoms. The number of nitrogens with zero attached hydrogens (tertiary/aromatic N) is 3. The van der Waals surface area contributed by atoms with Gasteiger partial charge in [-0.1, -0.05) is 36.4 Å². The van der Waals surface area contributed by atoms with E-state index in [2.05, 4.69) is 0 Å². The van der Waals surface area contributed by atoms with Gasteiger partial charge in [-0.25, -0.2) is 9.59 Å². The summed E-state index contributed by atoms with van der Waals surface area (Å²) in [5.41, 5.74) is 0.675. The predicted octanol–water partition coefficient (Wildman–Crippen LogP) is 2.38. The molecule has 0 aliphatic carbocycles. The van der Waals surface area contributed by atoms with Crippen LogP contribution in [0.2, 0.25) is 0 Å². The number of ether oxygens (including phenoxy) is 8. The number of amides is 1. The van der Waals surface area contributed by atoms with Crippen LogP contribution >= 0.6 is 0 Å². The molecule has 0 saturated carbocycles. The van der Waals surface area contributed by atoms with E-state index < -0.39 is 77.0 Å². The fourth-order valence-corrected chi connectivity index (χ4v) is 4.97. The molecular weight excluding hydrogens is 690 g/mol. The topological polar surface area (TPSA) is 209 Å². The van der Waals surface area contributed by atoms with Crippen LogP contribution in [-0.4, -0.2) is 123 Å². The van der Waals surface area contributed by atoms with E-state index in [1.807, 2.05) is 49.3 Å². The number of rotatable bonds is 17. The Morgan fingerprint density at radius 1 is 0.846 bits per heavy atom. The van der Waals surface area contributed by atoms with Crippen LogP contribution in [0.25, 0.3) is 0 Å². The van der Waals surface area contributed by atoms with Gasteiger partial charge in [-0.05, 0) is 37.7 Å². The molecule has 18 heteroatoms. The quantitative estimate of drug-likeness (QED) is 0.0571. The first-order valence-corrected chi connectivity index (χ1v) is 16.1. The number of carbonyl (C=O) groups excluding carboxylic acids is 5. The van der Waals surface area contributed by atoms with Crippen molar-refractivity contribution in [2.75, 3.05) is 47.6 Å². The van der Waals surface area contributed by atoms with E-state index in [0.717, 1.165) is 39.5 Å². The molecule has 0 radical (unpaired) electrons. The smallest absolute Gasteiger partial charge is 0.411 e. The standard InChI is InChI=1S/C34H43N3O15/c1-21(38)48-28-29(49-22(2)39)31(50-23(3)40)33(52-30(28)32(41)45-6)51-27-13-12-25(18-26(27)37(43)44)19-47-34(42)36(16-15-35(4)5)20-46-17-14-24-10-8-7-9-11-24/h7-13,18,28-31,33H,14-17,19-20H2,1-6H3/t28?,29-,30?,31?,33+/m0/s1. The number of esters is 4. The number of hydrogen-bond acceptors (Lipinski definition) is 16. The molecule has 1 amide bonds. The van der Waals surface area contributed by atoms with Crippen molar-refractivity contribution in [2.24, 2.45) is 0 Å². The van der Waals surface area contributed by atoms with Gasteiger partial charge in [0.05, 0.1) is 18.6 Å². The molecule has 1 aliphatic rings. The summed E-state index contributed by atoms with van der Waals surface area (Å²) in [6.07, 6.45) is -8.67. The summed E-state index contributed by atoms with van der Waals surface area (Å²) in [4.78, 5) is 76.5. The maximum Gasteiger partial charge on any atom is 0.411 e. The first kappa shape index (κ1) is 41.1. The van der Waals surface area contributed by atoms with Gasteiger partial charge in [-0.15, -0.1) is 0 Å². The van der Waals surface area contributed by atoms with Crippen LogP contribution < -0.4 is 4.74 Å². The number of nitro groups is 1. The molecule has 0 bridgehead atoms. The first-order chi connectivity index (χ1) is 24.7. The third-order valence-electron chi connectivity index (χ3n) is 7.36. The number of carbonyl (C=O) groups is 5. The second-order valence-electron chi connectivity index (χ2n) is 11.7. The van der Waals surface area contributed by atoms with E-state index in [1.54, 1.807) is 0 Å². The Morgan fingerprint density at radius 3 is 2.08 bits per heavy atom. The molecule has 1 fully saturated rings. The van der Waals surface area contributed by atoms with Crippen molar-refractivity contribution in [1.82, 2.24) is 9.80 Å². The molecule has 0 N–H and O–H groups in total. The van der Waals surface area contributed by atoms with E-state index in [-0.39, 0.29) is 25.4 Å². The molecule has 1 saturated heterocycles. The Balaban J connectivity index is 1.81. The predicted molar refractivity (Wildman–Crippen MR) is 177 cm³/mol. The summed E-state index contributed by atoms with van der Waals surface area (Å²) < 4.78 is 43.3. The lowest BCUT2D eigenvalue weighted by Crippen LogP contribution is -2.64. The third-order valence-corrected chi connectivity index (χ3v) is 7.36. The van der Waals surface area contributed by atoms with E-state index >= 15 is 0 Å². The van der Waals surface area contributed by atoms with Crippen molar-refractivity contribution in [3.8, 4) is 5.75 Å². The minimum absolute atomic E-state index is 0.0451. The summed E-state index contributed by atoms with van der Waals surface area (Å²) >= 11 is 0. The van der Waals surface area contributed by atoms with Crippen molar-refractivity contribution >= 4 is 35.7 Å². The molecule has 284 valence electrons. The van der Waals surface area contributed by atoms with Gasteiger partial charge >= 0.3 is 35.7 Å². The number of likely N-dealkylation sites (N-methyl/N-ethyl adjacent to an activating group) is 1. The van der Waals surface area contributed by atoms with E-state index in [4.69, 9.17) is 37.9 Å². The van der Waals surface area contributed by atoms with Crippen LogP contribution in [-0.2, 0) is 65.4 Å². The van der Waals surface area contributed by atoms with Crippen LogP contribution in [0.1, 0.15) is 31.9 Å². The maximum atomic E-state index is 13.1. The van der Waals surface area contributed by atoms with E-state index in [0.29, 0.717) is 19.6 Å². The highest BCUT2D eigenvalue weighted by molar-refractivity contribution is 5.77. The first-order valence-electron chi connectivity index (χ1n) is 16.1. The zero-order valence-corrected chi connectivity index (χ0v) is 29.7. The van der Waals surface area contributed by atoms with E-state index in [1.165, 1.54) is 17.0 Å². The van der Waals surface area contributed by atoms with Crippen molar-refractivity contribution in [2.45, 2.75) is 64.5 Å². The van der Waals surface area contributed by atoms with Crippen LogP contribution in [0, 0.1) is 10.1 Å². The lowest BCUT2D eigenvalue weighted by Gasteiger charge is -2.42. The number of benzene rings is 2. The molecule has 18 nitrogen and oxygen atoms in total. The average Bonchev–Trinajstić information content (AvgIpc) is 3.08. The summed E-state index contributed by atoms with van der Waals surface area (Å²) in [7, 11) is 4.71. The zero-order valence-electron chi connectivity index (χ0n) is 29.7. The molecule has 2 aromatic rings. The number of nitro benzene ring substituents is 1. The lowest BCUT2D eigenvalue weighted by molar-refractivity contribution is -0.387. The lowest BCUT2D eigenvalue weighted by atomic mass is 9.97. The van der Waals surface area contributed by atoms with Gasteiger partial charge in [0.2, 0.25) is 12.4 Å². The highest BCUT2D eigenvalue weighted by Crippen LogP contribution is 2.35. The molecule has 1 heterocycles. The van der Waals surface area contributed by atoms with Crippen LogP contribution in [0.3, 0.4) is 0 Å². The molecule has 1 aliphatic heterocycles. The Labute approximate surface area is 299 Å². The van der Waals surface area contributed by atoms with Crippen molar-refractivity contribution in [3.63, 3.8) is 0 Å². The van der Waals surface area contributed by atoms with Crippen LogP contribution in [0.4, 0.5) is 10.5 Å². The summed E-state index contributed by atoms with van der Waals surface area (Å²) in [5, 5.41) is 12.2. The highest BCUT2D eigenvalue weighted by Gasteiger charge is 2.56. The normalized spacial score (nSPS) is 19.6. The Hall–Kier alpha value is -5.33. The van der Waals surface area contributed by atoms with Crippen LogP contribution in [0.5, 0.6) is 5.75 Å².